The van der Waals surface area contributed by atoms with E-state index in [1.54, 1.807) is 11.3 Å². The number of hydrogen-bond donors (Lipinski definition) is 1. The first-order valence-electron chi connectivity index (χ1n) is 5.10. The van der Waals surface area contributed by atoms with Crippen LogP contribution in [0.25, 0.3) is 0 Å². The third kappa shape index (κ3) is 2.02. The first-order valence-corrected chi connectivity index (χ1v) is 5.98. The zero-order chi connectivity index (χ0) is 11.7. The Kier molecular flexibility index (Phi) is 2.83. The van der Waals surface area contributed by atoms with Crippen LogP contribution in [0.3, 0.4) is 0 Å². The van der Waals surface area contributed by atoms with Crippen LogP contribution in [0.5, 0.6) is 0 Å². The van der Waals surface area contributed by atoms with Gasteiger partial charge in [-0.2, -0.15) is 0 Å². The van der Waals surface area contributed by atoms with E-state index in [1.165, 1.54) is 0 Å². The van der Waals surface area contributed by atoms with Crippen molar-refractivity contribution in [2.24, 2.45) is 0 Å². The van der Waals surface area contributed by atoms with Crippen molar-refractivity contribution < 1.29 is 0 Å². The minimum atomic E-state index is 0.796. The second kappa shape index (κ2) is 4.14. The number of nitrogens with zero attached hydrogens (tertiary/aromatic N) is 2. The number of aryl methyl sites for hydroxylation is 2. The zero-order valence-electron chi connectivity index (χ0n) is 9.69. The predicted molar refractivity (Wildman–Crippen MR) is 70.5 cm³/mol. The average Bonchev–Trinajstić information content (AvgIpc) is 2.64. The molecule has 3 nitrogen and oxygen atoms in total. The number of nitrogens with two attached hydrogens (primary N) is 1. The van der Waals surface area contributed by atoms with E-state index in [1.807, 2.05) is 32.2 Å². The van der Waals surface area contributed by atoms with Gasteiger partial charge in [-0.25, -0.2) is 4.98 Å². The minimum absolute atomic E-state index is 0.796. The topological polar surface area (TPSA) is 42.1 Å². The van der Waals surface area contributed by atoms with E-state index >= 15 is 0 Å². The number of aromatic nitrogens is 1. The molecule has 0 aliphatic carbocycles. The summed E-state index contributed by atoms with van der Waals surface area (Å²) in [5, 5.41) is 3.06. The van der Waals surface area contributed by atoms with Gasteiger partial charge in [0, 0.05) is 23.8 Å². The second-order valence-electron chi connectivity index (χ2n) is 3.88. The molecule has 0 fully saturated rings. The van der Waals surface area contributed by atoms with E-state index in [9.17, 15) is 0 Å². The highest BCUT2D eigenvalue weighted by Gasteiger charge is 2.09. The van der Waals surface area contributed by atoms with Gasteiger partial charge in [0.2, 0.25) is 0 Å². The predicted octanol–water partition coefficient (Wildman–Crippen LogP) is 3.11. The fraction of sp³-hybridized carbons (Fsp3) is 0.250. The Labute approximate surface area is 99.5 Å². The molecule has 0 saturated heterocycles. The highest BCUT2D eigenvalue weighted by molar-refractivity contribution is 7.13. The molecular weight excluding hydrogens is 218 g/mol. The molecule has 0 unspecified atom stereocenters. The van der Waals surface area contributed by atoms with Gasteiger partial charge in [-0.05, 0) is 37.6 Å². The van der Waals surface area contributed by atoms with Crippen LogP contribution < -0.4 is 10.6 Å². The number of hydrogen-bond acceptors (Lipinski definition) is 4. The van der Waals surface area contributed by atoms with Crippen LogP contribution in [-0.4, -0.2) is 12.0 Å². The number of rotatable bonds is 2. The van der Waals surface area contributed by atoms with Gasteiger partial charge in [0.25, 0.3) is 0 Å². The van der Waals surface area contributed by atoms with Crippen LogP contribution in [0.4, 0.5) is 16.5 Å². The van der Waals surface area contributed by atoms with Crippen LogP contribution in [0, 0.1) is 13.8 Å². The monoisotopic (exact) mass is 233 g/mol. The van der Waals surface area contributed by atoms with Crippen molar-refractivity contribution in [3.8, 4) is 0 Å². The van der Waals surface area contributed by atoms with Crippen LogP contribution in [0.1, 0.15) is 11.3 Å². The van der Waals surface area contributed by atoms with Crippen molar-refractivity contribution in [1.82, 2.24) is 4.98 Å². The summed E-state index contributed by atoms with van der Waals surface area (Å²) in [4.78, 5) is 6.55. The molecule has 2 aromatic rings. The van der Waals surface area contributed by atoms with Crippen molar-refractivity contribution >= 4 is 27.8 Å². The maximum Gasteiger partial charge on any atom is 0.189 e. The summed E-state index contributed by atoms with van der Waals surface area (Å²) in [5.74, 6) is 0. The van der Waals surface area contributed by atoms with Gasteiger partial charge in [-0.3, -0.25) is 0 Å². The molecule has 2 N–H and O–H groups in total. The van der Waals surface area contributed by atoms with Gasteiger partial charge >= 0.3 is 0 Å². The van der Waals surface area contributed by atoms with Crippen LogP contribution in [-0.2, 0) is 0 Å². The quantitative estimate of drug-likeness (QED) is 0.810. The van der Waals surface area contributed by atoms with Crippen molar-refractivity contribution in [3.63, 3.8) is 0 Å². The second-order valence-corrected chi connectivity index (χ2v) is 4.71. The van der Waals surface area contributed by atoms with Gasteiger partial charge in [-0.1, -0.05) is 0 Å². The Bertz CT molecular complexity index is 505. The molecule has 0 aliphatic heterocycles. The van der Waals surface area contributed by atoms with E-state index in [2.05, 4.69) is 22.2 Å². The Morgan fingerprint density at radius 2 is 2.06 bits per heavy atom. The maximum absolute atomic E-state index is 5.74. The first-order chi connectivity index (χ1) is 7.58. The molecule has 1 aromatic carbocycles. The van der Waals surface area contributed by atoms with Crippen molar-refractivity contribution in [3.05, 3.63) is 34.8 Å². The molecule has 0 atom stereocenters. The molecule has 84 valence electrons. The van der Waals surface area contributed by atoms with E-state index < -0.39 is 0 Å². The number of thiazole rings is 1. The summed E-state index contributed by atoms with van der Waals surface area (Å²) < 4.78 is 0. The standard InChI is InChI=1S/C12H15N3S/c1-8-6-10(13)4-5-11(8)15(3)12-14-9(2)7-16-12/h4-7H,13H2,1-3H3. The van der Waals surface area contributed by atoms with Gasteiger partial charge in [0.05, 0.1) is 5.69 Å². The fourth-order valence-corrected chi connectivity index (χ4v) is 2.44. The van der Waals surface area contributed by atoms with Crippen LogP contribution in [0.2, 0.25) is 0 Å². The smallest absolute Gasteiger partial charge is 0.189 e. The molecule has 0 spiro atoms. The van der Waals surface area contributed by atoms with E-state index in [0.29, 0.717) is 0 Å². The lowest BCUT2D eigenvalue weighted by atomic mass is 10.1. The Morgan fingerprint density at radius 1 is 1.31 bits per heavy atom. The molecule has 2 rings (SSSR count). The third-order valence-electron chi connectivity index (χ3n) is 2.48. The lowest BCUT2D eigenvalue weighted by Gasteiger charge is -2.18. The highest BCUT2D eigenvalue weighted by Crippen LogP contribution is 2.29. The summed E-state index contributed by atoms with van der Waals surface area (Å²) >= 11 is 1.65. The maximum atomic E-state index is 5.74. The normalized spacial score (nSPS) is 10.4. The number of benzene rings is 1. The molecule has 16 heavy (non-hydrogen) atoms. The van der Waals surface area contributed by atoms with Gasteiger partial charge in [-0.15, -0.1) is 11.3 Å². The fourth-order valence-electron chi connectivity index (χ4n) is 1.65. The summed E-state index contributed by atoms with van der Waals surface area (Å²) in [6.45, 7) is 4.06. The molecule has 1 aromatic heterocycles. The molecular formula is C12H15N3S. The van der Waals surface area contributed by atoms with Crippen LogP contribution >= 0.6 is 11.3 Å². The van der Waals surface area contributed by atoms with E-state index in [0.717, 1.165) is 27.8 Å². The summed E-state index contributed by atoms with van der Waals surface area (Å²) in [6.07, 6.45) is 0. The summed E-state index contributed by atoms with van der Waals surface area (Å²) in [7, 11) is 2.02. The molecule has 0 saturated carbocycles. The van der Waals surface area contributed by atoms with Crippen molar-refractivity contribution in [2.45, 2.75) is 13.8 Å². The van der Waals surface area contributed by atoms with Crippen LogP contribution in [0.15, 0.2) is 23.6 Å². The first kappa shape index (κ1) is 11.0. The third-order valence-corrected chi connectivity index (χ3v) is 3.51. The average molecular weight is 233 g/mol. The molecule has 4 heteroatoms. The number of anilines is 3. The Morgan fingerprint density at radius 3 is 2.62 bits per heavy atom. The molecule has 0 amide bonds. The van der Waals surface area contributed by atoms with Gasteiger partial charge in [0.1, 0.15) is 0 Å². The SMILES string of the molecule is Cc1csc(N(C)c2ccc(N)cc2C)n1. The van der Waals surface area contributed by atoms with Gasteiger partial charge in [0.15, 0.2) is 5.13 Å². The highest BCUT2D eigenvalue weighted by atomic mass is 32.1. The molecule has 1 heterocycles. The largest absolute Gasteiger partial charge is 0.399 e. The molecule has 0 radical (unpaired) electrons. The van der Waals surface area contributed by atoms with E-state index in [4.69, 9.17) is 5.73 Å². The van der Waals surface area contributed by atoms with Crippen molar-refractivity contribution in [1.29, 1.82) is 0 Å². The Hall–Kier alpha value is -1.55. The van der Waals surface area contributed by atoms with Gasteiger partial charge < -0.3 is 10.6 Å². The van der Waals surface area contributed by atoms with Crippen molar-refractivity contribution in [2.75, 3.05) is 17.7 Å². The molecule has 0 aliphatic rings. The number of nitrogen functional groups attached to an aromatic ring is 1. The minimum Gasteiger partial charge on any atom is -0.399 e. The Balaban J connectivity index is 2.37. The lowest BCUT2D eigenvalue weighted by molar-refractivity contribution is 1.13. The summed E-state index contributed by atoms with van der Waals surface area (Å²) in [6, 6.07) is 5.92. The zero-order valence-corrected chi connectivity index (χ0v) is 10.5. The molecule has 0 bridgehead atoms. The lowest BCUT2D eigenvalue weighted by Crippen LogP contribution is -2.10. The van der Waals surface area contributed by atoms with E-state index in [-0.39, 0.29) is 0 Å². The summed E-state index contributed by atoms with van der Waals surface area (Å²) in [5.41, 5.74) is 9.90.